The molecule has 0 radical (unpaired) electrons. The zero-order valence-electron chi connectivity index (χ0n) is 7.90. The molecule has 2 heterocycles. The van der Waals surface area contributed by atoms with E-state index in [1.165, 1.54) is 0 Å². The second-order valence-electron chi connectivity index (χ2n) is 3.58. The Morgan fingerprint density at radius 3 is 3.07 bits per heavy atom. The van der Waals surface area contributed by atoms with Gasteiger partial charge in [-0.3, -0.25) is 4.79 Å². The van der Waals surface area contributed by atoms with Crippen LogP contribution in [0, 0.1) is 0 Å². The lowest BCUT2D eigenvalue weighted by Crippen LogP contribution is -2.22. The topological polar surface area (TPSA) is 65.5 Å². The molecule has 0 saturated carbocycles. The van der Waals surface area contributed by atoms with E-state index in [0.717, 1.165) is 22.3 Å². The Hall–Kier alpha value is -1.97. The van der Waals surface area contributed by atoms with Crippen LogP contribution in [-0.2, 0) is 4.79 Å². The summed E-state index contributed by atoms with van der Waals surface area (Å²) < 4.78 is 10.7. The highest BCUT2D eigenvalue weighted by molar-refractivity contribution is 5.93. The molecule has 15 heavy (non-hydrogen) atoms. The van der Waals surface area contributed by atoms with Gasteiger partial charge < -0.3 is 14.9 Å². The van der Waals surface area contributed by atoms with Gasteiger partial charge in [-0.1, -0.05) is 0 Å². The summed E-state index contributed by atoms with van der Waals surface area (Å²) in [4.78, 5) is 11.2. The van der Waals surface area contributed by atoms with Crippen LogP contribution in [0.15, 0.2) is 28.9 Å². The van der Waals surface area contributed by atoms with Gasteiger partial charge in [0.2, 0.25) is 5.91 Å². The monoisotopic (exact) mass is 203 g/mol. The van der Waals surface area contributed by atoms with Crippen molar-refractivity contribution in [1.82, 2.24) is 0 Å². The van der Waals surface area contributed by atoms with Crippen molar-refractivity contribution in [3.8, 4) is 5.75 Å². The molecule has 3 rings (SSSR count). The number of carbonyl (C=O) groups excluding carboxylic acids is 1. The second kappa shape index (κ2) is 2.76. The maximum absolute atomic E-state index is 11.2. The van der Waals surface area contributed by atoms with Crippen molar-refractivity contribution in [2.45, 2.75) is 5.92 Å². The second-order valence-corrected chi connectivity index (χ2v) is 3.58. The van der Waals surface area contributed by atoms with E-state index in [1.807, 2.05) is 18.2 Å². The van der Waals surface area contributed by atoms with Crippen LogP contribution < -0.4 is 10.5 Å². The molecule has 76 valence electrons. The van der Waals surface area contributed by atoms with E-state index in [0.29, 0.717) is 6.61 Å². The van der Waals surface area contributed by atoms with E-state index in [2.05, 4.69) is 0 Å². The third-order valence-electron chi connectivity index (χ3n) is 2.73. The van der Waals surface area contributed by atoms with Gasteiger partial charge in [-0.25, -0.2) is 0 Å². The molecule has 4 nitrogen and oxygen atoms in total. The highest BCUT2D eigenvalue weighted by Crippen LogP contribution is 2.39. The molecule has 1 aromatic heterocycles. The van der Waals surface area contributed by atoms with Gasteiger partial charge in [0.15, 0.2) is 0 Å². The standard InChI is InChI=1S/C11H9NO3/c12-11(13)7-5-15-9-2-1-8-6(10(7)9)3-4-14-8/h1-4,7H,5H2,(H2,12,13). The van der Waals surface area contributed by atoms with Crippen LogP contribution in [0.1, 0.15) is 11.5 Å². The molecule has 1 amide bonds. The van der Waals surface area contributed by atoms with Crippen molar-refractivity contribution in [2.24, 2.45) is 5.73 Å². The van der Waals surface area contributed by atoms with Gasteiger partial charge in [0.25, 0.3) is 0 Å². The number of carbonyl (C=O) groups is 1. The molecule has 4 heteroatoms. The van der Waals surface area contributed by atoms with Crippen LogP contribution in [0.2, 0.25) is 0 Å². The SMILES string of the molecule is NC(=O)C1COc2ccc3occc3c21. The van der Waals surface area contributed by atoms with E-state index < -0.39 is 0 Å². The summed E-state index contributed by atoms with van der Waals surface area (Å²) in [5.74, 6) is 0.0106. The number of furan rings is 1. The van der Waals surface area contributed by atoms with Crippen LogP contribution >= 0.6 is 0 Å². The Morgan fingerprint density at radius 1 is 1.40 bits per heavy atom. The fraction of sp³-hybridized carbons (Fsp3) is 0.182. The first-order valence-corrected chi connectivity index (χ1v) is 4.69. The van der Waals surface area contributed by atoms with Crippen LogP contribution in [0.25, 0.3) is 11.0 Å². The molecule has 0 spiro atoms. The third-order valence-corrected chi connectivity index (χ3v) is 2.73. The Labute approximate surface area is 85.6 Å². The first-order chi connectivity index (χ1) is 7.27. The number of ether oxygens (including phenoxy) is 1. The first-order valence-electron chi connectivity index (χ1n) is 4.69. The number of rotatable bonds is 1. The molecule has 1 aliphatic heterocycles. The lowest BCUT2D eigenvalue weighted by atomic mass is 9.97. The van der Waals surface area contributed by atoms with Gasteiger partial charge >= 0.3 is 0 Å². The van der Waals surface area contributed by atoms with Crippen LogP contribution in [0.5, 0.6) is 5.75 Å². The van der Waals surface area contributed by atoms with Crippen LogP contribution in [0.3, 0.4) is 0 Å². The number of primary amides is 1. The highest BCUT2D eigenvalue weighted by atomic mass is 16.5. The summed E-state index contributed by atoms with van der Waals surface area (Å²) >= 11 is 0. The van der Waals surface area contributed by atoms with Gasteiger partial charge in [0, 0.05) is 10.9 Å². The average molecular weight is 203 g/mol. The number of hydrogen-bond donors (Lipinski definition) is 1. The maximum Gasteiger partial charge on any atom is 0.228 e. The van der Waals surface area contributed by atoms with E-state index in [1.54, 1.807) is 6.26 Å². The quantitative estimate of drug-likeness (QED) is 0.761. The average Bonchev–Trinajstić information content (AvgIpc) is 2.82. The molecule has 0 bridgehead atoms. The zero-order valence-corrected chi connectivity index (χ0v) is 7.90. The minimum absolute atomic E-state index is 0.328. The zero-order chi connectivity index (χ0) is 10.4. The summed E-state index contributed by atoms with van der Waals surface area (Å²) in [6.07, 6.45) is 1.60. The maximum atomic E-state index is 11.2. The molecule has 0 saturated heterocycles. The highest BCUT2D eigenvalue weighted by Gasteiger charge is 2.31. The third kappa shape index (κ3) is 1.05. The van der Waals surface area contributed by atoms with Gasteiger partial charge in [0.1, 0.15) is 23.9 Å². The summed E-state index contributed by atoms with van der Waals surface area (Å²) in [6, 6.07) is 5.47. The minimum Gasteiger partial charge on any atom is -0.492 e. The molecule has 0 fully saturated rings. The lowest BCUT2D eigenvalue weighted by Gasteiger charge is -2.03. The number of benzene rings is 1. The summed E-state index contributed by atoms with van der Waals surface area (Å²) in [5.41, 5.74) is 6.93. The van der Waals surface area contributed by atoms with E-state index in [4.69, 9.17) is 14.9 Å². The first kappa shape index (κ1) is 8.35. The number of nitrogens with two attached hydrogens (primary N) is 1. The van der Waals surface area contributed by atoms with Crippen molar-refractivity contribution in [3.05, 3.63) is 30.0 Å². The number of amides is 1. The summed E-state index contributed by atoms with van der Waals surface area (Å²) in [5, 5.41) is 0.911. The molecule has 0 aliphatic carbocycles. The van der Waals surface area contributed by atoms with Crippen molar-refractivity contribution < 1.29 is 13.9 Å². The van der Waals surface area contributed by atoms with Crippen molar-refractivity contribution in [1.29, 1.82) is 0 Å². The largest absolute Gasteiger partial charge is 0.492 e. The van der Waals surface area contributed by atoms with Gasteiger partial charge in [0.05, 0.1) is 6.26 Å². The smallest absolute Gasteiger partial charge is 0.228 e. The lowest BCUT2D eigenvalue weighted by molar-refractivity contribution is -0.119. The molecule has 1 aromatic carbocycles. The Morgan fingerprint density at radius 2 is 2.27 bits per heavy atom. The Bertz CT molecular complexity index is 544. The molecule has 2 N–H and O–H groups in total. The summed E-state index contributed by atoms with van der Waals surface area (Å²) in [7, 11) is 0. The fourth-order valence-corrected chi connectivity index (χ4v) is 2.01. The predicted octanol–water partition coefficient (Wildman–Crippen LogP) is 1.39. The normalized spacial score (nSPS) is 18.8. The van der Waals surface area contributed by atoms with Crippen LogP contribution in [-0.4, -0.2) is 12.5 Å². The fourth-order valence-electron chi connectivity index (χ4n) is 2.01. The Kier molecular flexibility index (Phi) is 1.54. The minimum atomic E-state index is -0.360. The predicted molar refractivity (Wildman–Crippen MR) is 53.6 cm³/mol. The van der Waals surface area contributed by atoms with Crippen molar-refractivity contribution in [3.63, 3.8) is 0 Å². The van der Waals surface area contributed by atoms with Gasteiger partial charge in [-0.05, 0) is 18.2 Å². The van der Waals surface area contributed by atoms with Crippen LogP contribution in [0.4, 0.5) is 0 Å². The summed E-state index contributed by atoms with van der Waals surface area (Å²) in [6.45, 7) is 0.328. The van der Waals surface area contributed by atoms with E-state index >= 15 is 0 Å². The number of hydrogen-bond acceptors (Lipinski definition) is 3. The molecule has 2 aromatic rings. The molecule has 1 atom stereocenters. The molecule has 1 unspecified atom stereocenters. The Balaban J connectivity index is 2.31. The molecular weight excluding hydrogens is 194 g/mol. The number of fused-ring (bicyclic) bond motifs is 3. The molecule has 1 aliphatic rings. The van der Waals surface area contributed by atoms with Crippen molar-refractivity contribution in [2.75, 3.05) is 6.61 Å². The van der Waals surface area contributed by atoms with Gasteiger partial charge in [-0.2, -0.15) is 0 Å². The van der Waals surface area contributed by atoms with E-state index in [9.17, 15) is 4.79 Å². The molecular formula is C11H9NO3. The van der Waals surface area contributed by atoms with Gasteiger partial charge in [-0.15, -0.1) is 0 Å². The van der Waals surface area contributed by atoms with Crippen molar-refractivity contribution >= 4 is 16.9 Å². The van der Waals surface area contributed by atoms with E-state index in [-0.39, 0.29) is 11.8 Å².